The van der Waals surface area contributed by atoms with Gasteiger partial charge in [-0.15, -0.1) is 0 Å². The van der Waals surface area contributed by atoms with Gasteiger partial charge in [0.1, 0.15) is 5.82 Å². The first-order valence-corrected chi connectivity index (χ1v) is 3.82. The number of hydrogen-bond donors (Lipinski definition) is 1. The largest absolute Gasteiger partial charge is 0.348 e. The molecule has 1 heterocycles. The predicted molar refractivity (Wildman–Crippen MR) is 38.3 cm³/mol. The molecule has 0 spiro atoms. The first-order chi connectivity index (χ1) is 4.86. The summed E-state index contributed by atoms with van der Waals surface area (Å²) in [7, 11) is 0. The minimum absolute atomic E-state index is 0.321. The summed E-state index contributed by atoms with van der Waals surface area (Å²) < 4.78 is 4.80. The van der Waals surface area contributed by atoms with Gasteiger partial charge in [0, 0.05) is 5.92 Å². The van der Waals surface area contributed by atoms with Crippen molar-refractivity contribution >= 4 is 12.2 Å². The van der Waals surface area contributed by atoms with Gasteiger partial charge in [-0.3, -0.25) is 0 Å². The van der Waals surface area contributed by atoms with Crippen LogP contribution in [0.4, 0.5) is 0 Å². The first-order valence-electron chi connectivity index (χ1n) is 3.41. The van der Waals surface area contributed by atoms with Crippen LogP contribution in [0.2, 0.25) is 0 Å². The van der Waals surface area contributed by atoms with Crippen molar-refractivity contribution in [1.29, 1.82) is 0 Å². The number of rotatable bonds is 1. The van der Waals surface area contributed by atoms with Crippen LogP contribution in [-0.4, -0.2) is 10.1 Å². The summed E-state index contributed by atoms with van der Waals surface area (Å²) in [5.41, 5.74) is 0. The monoisotopic (exact) mass is 156 g/mol. The number of aromatic amines is 1. The fraction of sp³-hybridized carbons (Fsp3) is 0.667. The van der Waals surface area contributed by atoms with E-state index in [0.717, 1.165) is 5.82 Å². The second-order valence-corrected chi connectivity index (χ2v) is 2.94. The minimum atomic E-state index is 0.321. The Morgan fingerprint density at radius 3 is 2.80 bits per heavy atom. The molecular formula is C6H8N2OS. The van der Waals surface area contributed by atoms with Crippen molar-refractivity contribution in [3.8, 4) is 0 Å². The summed E-state index contributed by atoms with van der Waals surface area (Å²) in [6.45, 7) is 0. The van der Waals surface area contributed by atoms with E-state index >= 15 is 0 Å². The molecule has 0 saturated heterocycles. The predicted octanol–water partition coefficient (Wildman–Crippen LogP) is 2.00. The van der Waals surface area contributed by atoms with Gasteiger partial charge in [0.2, 0.25) is 0 Å². The molecule has 3 nitrogen and oxygen atoms in total. The summed E-state index contributed by atoms with van der Waals surface area (Å²) in [6.07, 6.45) is 3.74. The Bertz CT molecular complexity index is 273. The molecule has 10 heavy (non-hydrogen) atoms. The Balaban J connectivity index is 2.25. The van der Waals surface area contributed by atoms with Crippen molar-refractivity contribution in [1.82, 2.24) is 10.1 Å². The van der Waals surface area contributed by atoms with Crippen LogP contribution < -0.4 is 0 Å². The number of nitrogens with zero attached hydrogens (tertiary/aromatic N) is 1. The highest BCUT2D eigenvalue weighted by atomic mass is 32.1. The maximum atomic E-state index is 4.80. The molecule has 0 bridgehead atoms. The molecule has 1 fully saturated rings. The lowest BCUT2D eigenvalue weighted by molar-refractivity contribution is 0.358. The van der Waals surface area contributed by atoms with Crippen molar-refractivity contribution in [2.24, 2.45) is 0 Å². The Morgan fingerprint density at radius 1 is 1.60 bits per heavy atom. The molecule has 0 aliphatic heterocycles. The Hall–Kier alpha value is -0.640. The molecule has 1 aliphatic carbocycles. The minimum Gasteiger partial charge on any atom is -0.348 e. The molecule has 0 atom stereocenters. The quantitative estimate of drug-likeness (QED) is 0.632. The second-order valence-electron chi connectivity index (χ2n) is 2.59. The number of hydrogen-bond acceptors (Lipinski definition) is 3. The highest BCUT2D eigenvalue weighted by molar-refractivity contribution is 7.71. The number of nitrogens with one attached hydrogen (secondary N) is 1. The zero-order valence-corrected chi connectivity index (χ0v) is 6.28. The lowest BCUT2D eigenvalue weighted by Crippen LogP contribution is -2.09. The summed E-state index contributed by atoms with van der Waals surface area (Å²) >= 11 is 4.72. The van der Waals surface area contributed by atoms with Crippen molar-refractivity contribution in [3.05, 3.63) is 10.7 Å². The van der Waals surface area contributed by atoms with Gasteiger partial charge in [-0.1, -0.05) is 6.42 Å². The van der Waals surface area contributed by atoms with Crippen molar-refractivity contribution in [3.63, 3.8) is 0 Å². The SMILES string of the molecule is S=c1nc(C2CCC2)[nH]o1. The van der Waals surface area contributed by atoms with Gasteiger partial charge in [0.05, 0.1) is 0 Å². The van der Waals surface area contributed by atoms with E-state index in [9.17, 15) is 0 Å². The molecule has 2 rings (SSSR count). The fourth-order valence-electron chi connectivity index (χ4n) is 1.10. The van der Waals surface area contributed by atoms with E-state index in [-0.39, 0.29) is 0 Å². The van der Waals surface area contributed by atoms with Gasteiger partial charge in [-0.2, -0.15) is 4.98 Å². The molecule has 1 N–H and O–H groups in total. The first kappa shape index (κ1) is 6.09. The summed E-state index contributed by atoms with van der Waals surface area (Å²) in [4.78, 5) is 4.35. The van der Waals surface area contributed by atoms with E-state index < -0.39 is 0 Å². The highest BCUT2D eigenvalue weighted by Gasteiger charge is 2.22. The topological polar surface area (TPSA) is 41.8 Å². The van der Waals surface area contributed by atoms with Crippen molar-refractivity contribution in [2.45, 2.75) is 25.2 Å². The van der Waals surface area contributed by atoms with E-state index in [1.807, 2.05) is 0 Å². The van der Waals surface area contributed by atoms with Crippen molar-refractivity contribution < 1.29 is 4.52 Å². The third-order valence-corrected chi connectivity index (χ3v) is 2.12. The normalized spacial score (nSPS) is 18.8. The van der Waals surface area contributed by atoms with E-state index in [0.29, 0.717) is 10.8 Å². The van der Waals surface area contributed by atoms with Crippen LogP contribution in [0.3, 0.4) is 0 Å². The van der Waals surface area contributed by atoms with E-state index in [1.54, 1.807) is 0 Å². The molecule has 4 heteroatoms. The summed E-state index contributed by atoms with van der Waals surface area (Å²) in [6, 6.07) is 0. The van der Waals surface area contributed by atoms with Crippen LogP contribution in [0.1, 0.15) is 31.0 Å². The fourth-order valence-corrected chi connectivity index (χ4v) is 1.24. The average molecular weight is 156 g/mol. The Morgan fingerprint density at radius 2 is 2.40 bits per heavy atom. The van der Waals surface area contributed by atoms with E-state index in [2.05, 4.69) is 10.1 Å². The van der Waals surface area contributed by atoms with E-state index in [1.165, 1.54) is 19.3 Å². The smallest absolute Gasteiger partial charge is 0.314 e. The zero-order valence-electron chi connectivity index (χ0n) is 5.46. The van der Waals surface area contributed by atoms with Gasteiger partial charge in [-0.25, -0.2) is 5.16 Å². The molecule has 1 aliphatic rings. The highest BCUT2D eigenvalue weighted by Crippen LogP contribution is 2.33. The van der Waals surface area contributed by atoms with Crippen LogP contribution in [0.25, 0.3) is 0 Å². The second kappa shape index (κ2) is 2.20. The maximum absolute atomic E-state index is 4.80. The molecule has 0 amide bonds. The van der Waals surface area contributed by atoms with Gasteiger partial charge >= 0.3 is 4.84 Å². The lowest BCUT2D eigenvalue weighted by atomic mass is 9.85. The van der Waals surface area contributed by atoms with Gasteiger partial charge in [0.15, 0.2) is 0 Å². The third-order valence-electron chi connectivity index (χ3n) is 1.95. The molecule has 54 valence electrons. The van der Waals surface area contributed by atoms with Crippen LogP contribution in [0.5, 0.6) is 0 Å². The zero-order chi connectivity index (χ0) is 6.97. The van der Waals surface area contributed by atoms with Crippen LogP contribution in [0.15, 0.2) is 4.52 Å². The van der Waals surface area contributed by atoms with Gasteiger partial charge < -0.3 is 4.52 Å². The van der Waals surface area contributed by atoms with Crippen LogP contribution >= 0.6 is 12.2 Å². The lowest BCUT2D eigenvalue weighted by Gasteiger charge is -2.21. The molecule has 1 saturated carbocycles. The molecule has 0 radical (unpaired) electrons. The Labute approximate surface area is 63.4 Å². The molecule has 0 unspecified atom stereocenters. The van der Waals surface area contributed by atoms with Gasteiger partial charge in [0.25, 0.3) is 0 Å². The third kappa shape index (κ3) is 0.883. The number of aromatic nitrogens is 2. The molecule has 1 aromatic rings. The molecule has 0 aromatic carbocycles. The van der Waals surface area contributed by atoms with E-state index in [4.69, 9.17) is 16.7 Å². The average Bonchev–Trinajstić information content (AvgIpc) is 2.10. The summed E-state index contributed by atoms with van der Waals surface area (Å²) in [5, 5.41) is 2.72. The Kier molecular flexibility index (Phi) is 1.34. The maximum Gasteiger partial charge on any atom is 0.314 e. The van der Waals surface area contributed by atoms with Crippen LogP contribution in [-0.2, 0) is 0 Å². The van der Waals surface area contributed by atoms with Gasteiger partial charge in [-0.05, 0) is 25.1 Å². The standard InChI is InChI=1S/C6H8N2OS/c10-6-7-5(8-9-6)4-2-1-3-4/h4H,1-3H2,(H,7,8,10). The summed E-state index contributed by atoms with van der Waals surface area (Å²) in [5.74, 6) is 1.51. The molecule has 1 aromatic heterocycles. The van der Waals surface area contributed by atoms with Crippen LogP contribution in [0, 0.1) is 4.84 Å². The number of H-pyrrole nitrogens is 1. The molecular weight excluding hydrogens is 148 g/mol. The van der Waals surface area contributed by atoms with Crippen molar-refractivity contribution in [2.75, 3.05) is 0 Å².